The summed E-state index contributed by atoms with van der Waals surface area (Å²) in [6.45, 7) is 4.23. The Balaban J connectivity index is 1.63. The summed E-state index contributed by atoms with van der Waals surface area (Å²) >= 11 is 5.86. The van der Waals surface area contributed by atoms with Gasteiger partial charge in [0.05, 0.1) is 22.3 Å². The highest BCUT2D eigenvalue weighted by Gasteiger charge is 2.33. The van der Waals surface area contributed by atoms with Crippen LogP contribution < -0.4 is 5.32 Å². The third kappa shape index (κ3) is 3.93. The Morgan fingerprint density at radius 2 is 2.10 bits per heavy atom. The summed E-state index contributed by atoms with van der Waals surface area (Å²) in [7, 11) is 0. The first kappa shape index (κ1) is 19.3. The average molecular weight is 415 g/mol. The number of nitrogens with one attached hydrogen (secondary N) is 2. The van der Waals surface area contributed by atoms with E-state index < -0.39 is 5.82 Å². The second-order valence-corrected chi connectivity index (χ2v) is 7.45. The molecule has 1 aromatic carbocycles. The molecule has 3 heterocycles. The van der Waals surface area contributed by atoms with Crippen LogP contribution in [0.3, 0.4) is 0 Å². The molecule has 1 atom stereocenters. The SMILES string of the molecule is Cc1nc(Nc2cc(C)[nH]n2)cc([C@H]2CCCN2C(=O)c2cccc(Cl)c2F)n1. The van der Waals surface area contributed by atoms with Crippen LogP contribution in [0.5, 0.6) is 0 Å². The van der Waals surface area contributed by atoms with Crippen molar-refractivity contribution in [2.75, 3.05) is 11.9 Å². The lowest BCUT2D eigenvalue weighted by Gasteiger charge is -2.25. The number of hydrogen-bond acceptors (Lipinski definition) is 5. The number of aryl methyl sites for hydroxylation is 2. The number of hydrogen-bond donors (Lipinski definition) is 2. The van der Waals surface area contributed by atoms with Crippen molar-refractivity contribution in [2.24, 2.45) is 0 Å². The fraction of sp³-hybridized carbons (Fsp3) is 0.300. The molecule has 0 aliphatic carbocycles. The molecule has 1 saturated heterocycles. The number of likely N-dealkylation sites (tertiary alicyclic amines) is 1. The van der Waals surface area contributed by atoms with Gasteiger partial charge in [0.25, 0.3) is 5.91 Å². The van der Waals surface area contributed by atoms with E-state index in [1.165, 1.54) is 12.1 Å². The lowest BCUT2D eigenvalue weighted by molar-refractivity contribution is 0.0728. The number of amides is 1. The molecule has 9 heteroatoms. The van der Waals surface area contributed by atoms with Crippen LogP contribution in [0.15, 0.2) is 30.3 Å². The van der Waals surface area contributed by atoms with Crippen molar-refractivity contribution < 1.29 is 9.18 Å². The number of carbonyl (C=O) groups excluding carboxylic acids is 1. The second kappa shape index (κ2) is 7.79. The lowest BCUT2D eigenvalue weighted by Crippen LogP contribution is -2.31. The minimum atomic E-state index is -0.694. The van der Waals surface area contributed by atoms with Crippen molar-refractivity contribution in [2.45, 2.75) is 32.7 Å². The number of carbonyl (C=O) groups is 1. The van der Waals surface area contributed by atoms with Crippen molar-refractivity contribution in [1.29, 1.82) is 0 Å². The zero-order valence-corrected chi connectivity index (χ0v) is 16.8. The Kier molecular flexibility index (Phi) is 5.19. The fourth-order valence-electron chi connectivity index (χ4n) is 3.58. The Morgan fingerprint density at radius 1 is 1.28 bits per heavy atom. The molecule has 0 radical (unpaired) electrons. The van der Waals surface area contributed by atoms with E-state index in [9.17, 15) is 9.18 Å². The molecular formula is C20H20ClFN6O. The molecule has 2 N–H and O–H groups in total. The van der Waals surface area contributed by atoms with Crippen LogP contribution in [-0.2, 0) is 0 Å². The number of nitrogens with zero attached hydrogens (tertiary/aromatic N) is 4. The predicted octanol–water partition coefficient (Wildman–Crippen LogP) is 4.33. The van der Waals surface area contributed by atoms with E-state index in [1.54, 1.807) is 17.9 Å². The van der Waals surface area contributed by atoms with Crippen LogP contribution in [0.25, 0.3) is 0 Å². The summed E-state index contributed by atoms with van der Waals surface area (Å²) in [5.41, 5.74) is 1.61. The largest absolute Gasteiger partial charge is 0.330 e. The molecule has 1 fully saturated rings. The summed E-state index contributed by atoms with van der Waals surface area (Å²) in [6, 6.07) is 7.87. The van der Waals surface area contributed by atoms with Gasteiger partial charge >= 0.3 is 0 Å². The number of aromatic nitrogens is 4. The summed E-state index contributed by atoms with van der Waals surface area (Å²) < 4.78 is 14.4. The van der Waals surface area contributed by atoms with Crippen LogP contribution in [0.1, 0.15) is 46.5 Å². The van der Waals surface area contributed by atoms with Gasteiger partial charge in [0.15, 0.2) is 11.6 Å². The number of aromatic amines is 1. The lowest BCUT2D eigenvalue weighted by atomic mass is 10.1. The minimum Gasteiger partial charge on any atom is -0.330 e. The summed E-state index contributed by atoms with van der Waals surface area (Å²) in [5, 5.41) is 10.1. The van der Waals surface area contributed by atoms with E-state index >= 15 is 0 Å². The number of rotatable bonds is 4. The van der Waals surface area contributed by atoms with Crippen molar-refractivity contribution in [3.63, 3.8) is 0 Å². The smallest absolute Gasteiger partial charge is 0.257 e. The molecule has 0 unspecified atom stereocenters. The molecule has 1 aliphatic rings. The van der Waals surface area contributed by atoms with Gasteiger partial charge in [0, 0.05) is 24.4 Å². The number of anilines is 2. The van der Waals surface area contributed by atoms with Gasteiger partial charge in [-0.25, -0.2) is 14.4 Å². The Bertz CT molecular complexity index is 1070. The van der Waals surface area contributed by atoms with Gasteiger partial charge in [0.2, 0.25) is 0 Å². The first-order valence-corrected chi connectivity index (χ1v) is 9.70. The van der Waals surface area contributed by atoms with E-state index in [0.29, 0.717) is 29.7 Å². The van der Waals surface area contributed by atoms with Crippen LogP contribution in [0, 0.1) is 19.7 Å². The standard InChI is InChI=1S/C20H20ClFN6O/c1-11-9-18(27-26-11)25-17-10-15(23-12(2)24-17)16-7-4-8-28(16)20(29)13-5-3-6-14(21)19(13)22/h3,5-6,9-10,16H,4,7-8H2,1-2H3,(H2,23,24,25,26,27)/t16-/m1/s1. The molecule has 0 spiro atoms. The molecule has 7 nitrogen and oxygen atoms in total. The zero-order chi connectivity index (χ0) is 20.5. The first-order valence-electron chi connectivity index (χ1n) is 9.32. The molecule has 0 bridgehead atoms. The normalized spacial score (nSPS) is 16.3. The fourth-order valence-corrected chi connectivity index (χ4v) is 3.75. The Labute approximate surface area is 172 Å². The quantitative estimate of drug-likeness (QED) is 0.663. The van der Waals surface area contributed by atoms with Crippen molar-refractivity contribution in [3.05, 3.63) is 63.9 Å². The van der Waals surface area contributed by atoms with Gasteiger partial charge in [-0.15, -0.1) is 0 Å². The van der Waals surface area contributed by atoms with Gasteiger partial charge in [-0.2, -0.15) is 5.10 Å². The molecule has 0 saturated carbocycles. The van der Waals surface area contributed by atoms with Gasteiger partial charge in [-0.1, -0.05) is 17.7 Å². The van der Waals surface area contributed by atoms with E-state index in [4.69, 9.17) is 11.6 Å². The van der Waals surface area contributed by atoms with Crippen LogP contribution in [0.4, 0.5) is 16.0 Å². The molecule has 1 amide bonds. The number of H-pyrrole nitrogens is 1. The molecule has 2 aromatic heterocycles. The highest BCUT2D eigenvalue weighted by atomic mass is 35.5. The summed E-state index contributed by atoms with van der Waals surface area (Å²) in [5.74, 6) is 0.728. The molecule has 4 rings (SSSR count). The predicted molar refractivity (Wildman–Crippen MR) is 108 cm³/mol. The maximum atomic E-state index is 14.4. The van der Waals surface area contributed by atoms with E-state index in [-0.39, 0.29) is 22.5 Å². The third-order valence-electron chi connectivity index (χ3n) is 4.86. The van der Waals surface area contributed by atoms with Crippen LogP contribution in [-0.4, -0.2) is 37.5 Å². The Morgan fingerprint density at radius 3 is 2.86 bits per heavy atom. The van der Waals surface area contributed by atoms with Gasteiger partial charge in [-0.05, 0) is 38.8 Å². The van der Waals surface area contributed by atoms with Crippen LogP contribution >= 0.6 is 11.6 Å². The summed E-state index contributed by atoms with van der Waals surface area (Å²) in [6.07, 6.45) is 1.55. The number of benzene rings is 1. The van der Waals surface area contributed by atoms with E-state index in [1.807, 2.05) is 19.1 Å². The highest BCUT2D eigenvalue weighted by Crippen LogP contribution is 2.34. The summed E-state index contributed by atoms with van der Waals surface area (Å²) in [4.78, 5) is 23.6. The number of halogens is 2. The monoisotopic (exact) mass is 414 g/mol. The maximum absolute atomic E-state index is 14.4. The van der Waals surface area contributed by atoms with E-state index in [2.05, 4.69) is 25.5 Å². The molecular weight excluding hydrogens is 395 g/mol. The zero-order valence-electron chi connectivity index (χ0n) is 16.0. The molecule has 3 aromatic rings. The van der Waals surface area contributed by atoms with Crippen molar-refractivity contribution in [3.8, 4) is 0 Å². The van der Waals surface area contributed by atoms with E-state index in [0.717, 1.165) is 18.5 Å². The van der Waals surface area contributed by atoms with Gasteiger partial charge in [-0.3, -0.25) is 9.89 Å². The Hall–Kier alpha value is -3.00. The topological polar surface area (TPSA) is 86.8 Å². The van der Waals surface area contributed by atoms with Crippen molar-refractivity contribution in [1.82, 2.24) is 25.1 Å². The third-order valence-corrected chi connectivity index (χ3v) is 5.15. The minimum absolute atomic E-state index is 0.0273. The van der Waals surface area contributed by atoms with Gasteiger partial charge in [0.1, 0.15) is 11.6 Å². The maximum Gasteiger partial charge on any atom is 0.257 e. The van der Waals surface area contributed by atoms with Crippen molar-refractivity contribution >= 4 is 29.1 Å². The molecule has 1 aliphatic heterocycles. The average Bonchev–Trinajstić information content (AvgIpc) is 3.32. The highest BCUT2D eigenvalue weighted by molar-refractivity contribution is 6.31. The molecule has 150 valence electrons. The first-order chi connectivity index (χ1) is 13.9. The second-order valence-electron chi connectivity index (χ2n) is 7.04. The molecule has 29 heavy (non-hydrogen) atoms. The van der Waals surface area contributed by atoms with Crippen LogP contribution in [0.2, 0.25) is 5.02 Å². The van der Waals surface area contributed by atoms with Gasteiger partial charge < -0.3 is 10.2 Å².